The molecule has 0 unspecified atom stereocenters. The predicted octanol–water partition coefficient (Wildman–Crippen LogP) is 2.36. The molecule has 1 N–H and O–H groups in total. The highest BCUT2D eigenvalue weighted by molar-refractivity contribution is 9.10. The molecule has 0 saturated heterocycles. The van der Waals surface area contributed by atoms with Gasteiger partial charge in [0, 0.05) is 28.3 Å². The molecule has 1 heterocycles. The van der Waals surface area contributed by atoms with Gasteiger partial charge in [-0.1, -0.05) is 15.9 Å². The second-order valence-electron chi connectivity index (χ2n) is 3.69. The standard InChI is InChI=1S/C12H12BrN3OS/c13-9-2-3-10(11(18)8-9)12(17)14-5-7-16-6-1-4-15-16/h1-4,6,8,18H,5,7H2,(H,14,17). The summed E-state index contributed by atoms with van der Waals surface area (Å²) in [5.74, 6) is -0.125. The van der Waals surface area contributed by atoms with Crippen LogP contribution in [0.3, 0.4) is 0 Å². The van der Waals surface area contributed by atoms with Crippen molar-refractivity contribution in [2.45, 2.75) is 11.4 Å². The van der Waals surface area contributed by atoms with Crippen molar-refractivity contribution >= 4 is 34.5 Å². The quantitative estimate of drug-likeness (QED) is 0.848. The Morgan fingerprint density at radius 1 is 1.50 bits per heavy atom. The fourth-order valence-corrected chi connectivity index (χ4v) is 2.36. The van der Waals surface area contributed by atoms with Crippen molar-refractivity contribution in [1.29, 1.82) is 0 Å². The van der Waals surface area contributed by atoms with Crippen molar-refractivity contribution in [2.24, 2.45) is 0 Å². The van der Waals surface area contributed by atoms with Crippen molar-refractivity contribution in [3.8, 4) is 0 Å². The average molecular weight is 326 g/mol. The number of thiol groups is 1. The van der Waals surface area contributed by atoms with E-state index in [0.717, 1.165) is 4.47 Å². The number of nitrogens with zero attached hydrogens (tertiary/aromatic N) is 2. The molecule has 0 spiro atoms. The molecule has 94 valence electrons. The number of hydrogen-bond acceptors (Lipinski definition) is 3. The van der Waals surface area contributed by atoms with Gasteiger partial charge in [-0.15, -0.1) is 12.6 Å². The van der Waals surface area contributed by atoms with E-state index in [1.165, 1.54) is 0 Å². The minimum Gasteiger partial charge on any atom is -0.350 e. The average Bonchev–Trinajstić information content (AvgIpc) is 2.81. The monoisotopic (exact) mass is 325 g/mol. The van der Waals surface area contributed by atoms with E-state index >= 15 is 0 Å². The Morgan fingerprint density at radius 2 is 2.33 bits per heavy atom. The fourth-order valence-electron chi connectivity index (χ4n) is 1.51. The summed E-state index contributed by atoms with van der Waals surface area (Å²) in [6.07, 6.45) is 3.57. The van der Waals surface area contributed by atoms with E-state index in [4.69, 9.17) is 0 Å². The van der Waals surface area contributed by atoms with E-state index in [-0.39, 0.29) is 5.91 Å². The van der Waals surface area contributed by atoms with E-state index < -0.39 is 0 Å². The molecule has 18 heavy (non-hydrogen) atoms. The number of hydrogen-bond donors (Lipinski definition) is 2. The molecule has 0 aliphatic carbocycles. The predicted molar refractivity (Wildman–Crippen MR) is 76.0 cm³/mol. The number of benzene rings is 1. The van der Waals surface area contributed by atoms with Crippen molar-refractivity contribution in [3.63, 3.8) is 0 Å². The number of amides is 1. The summed E-state index contributed by atoms with van der Waals surface area (Å²) in [6.45, 7) is 1.18. The van der Waals surface area contributed by atoms with Crippen molar-refractivity contribution in [1.82, 2.24) is 15.1 Å². The molecule has 1 aromatic heterocycles. The van der Waals surface area contributed by atoms with Gasteiger partial charge in [-0.2, -0.15) is 5.10 Å². The second kappa shape index (κ2) is 6.06. The van der Waals surface area contributed by atoms with Gasteiger partial charge in [-0.3, -0.25) is 9.48 Å². The lowest BCUT2D eigenvalue weighted by Crippen LogP contribution is -2.27. The molecule has 0 bridgehead atoms. The topological polar surface area (TPSA) is 46.9 Å². The third-order valence-corrected chi connectivity index (χ3v) is 3.25. The molecule has 6 heteroatoms. The largest absolute Gasteiger partial charge is 0.350 e. The summed E-state index contributed by atoms with van der Waals surface area (Å²) >= 11 is 7.61. The van der Waals surface area contributed by atoms with Gasteiger partial charge >= 0.3 is 0 Å². The Hall–Kier alpha value is -1.27. The smallest absolute Gasteiger partial charge is 0.252 e. The number of carbonyl (C=O) groups excluding carboxylic acids is 1. The van der Waals surface area contributed by atoms with Gasteiger partial charge in [0.2, 0.25) is 0 Å². The molecule has 1 aromatic carbocycles. The van der Waals surface area contributed by atoms with E-state index in [9.17, 15) is 4.79 Å². The van der Waals surface area contributed by atoms with Gasteiger partial charge in [0.1, 0.15) is 0 Å². The molecule has 1 amide bonds. The Labute approximate surface area is 119 Å². The van der Waals surface area contributed by atoms with Crippen LogP contribution in [0.5, 0.6) is 0 Å². The zero-order valence-electron chi connectivity index (χ0n) is 9.51. The normalized spacial score (nSPS) is 10.3. The van der Waals surface area contributed by atoms with Crippen LogP contribution in [0.2, 0.25) is 0 Å². The van der Waals surface area contributed by atoms with Gasteiger partial charge in [0.15, 0.2) is 0 Å². The van der Waals surface area contributed by atoms with E-state index in [2.05, 4.69) is 39.0 Å². The summed E-state index contributed by atoms with van der Waals surface area (Å²) in [5, 5.41) is 6.89. The zero-order valence-corrected chi connectivity index (χ0v) is 12.0. The highest BCUT2D eigenvalue weighted by Crippen LogP contribution is 2.19. The summed E-state index contributed by atoms with van der Waals surface area (Å²) in [6, 6.07) is 7.21. The lowest BCUT2D eigenvalue weighted by Gasteiger charge is -2.07. The lowest BCUT2D eigenvalue weighted by atomic mass is 10.2. The van der Waals surface area contributed by atoms with Gasteiger partial charge in [0.25, 0.3) is 5.91 Å². The number of carbonyl (C=O) groups is 1. The van der Waals surface area contributed by atoms with Crippen LogP contribution in [0.15, 0.2) is 46.0 Å². The first-order valence-corrected chi connectivity index (χ1v) is 6.65. The number of halogens is 1. The molecule has 0 atom stereocenters. The Bertz CT molecular complexity index is 542. The van der Waals surface area contributed by atoms with Gasteiger partial charge in [0.05, 0.1) is 12.1 Å². The van der Waals surface area contributed by atoms with Crippen molar-refractivity contribution in [2.75, 3.05) is 6.54 Å². The number of aromatic nitrogens is 2. The van der Waals surface area contributed by atoms with Crippen LogP contribution < -0.4 is 5.32 Å². The van der Waals surface area contributed by atoms with Crippen LogP contribution in [0, 0.1) is 0 Å². The first-order chi connectivity index (χ1) is 8.66. The molecule has 4 nitrogen and oxygen atoms in total. The maximum Gasteiger partial charge on any atom is 0.252 e. The molecular formula is C12H12BrN3OS. The van der Waals surface area contributed by atoms with E-state index in [1.54, 1.807) is 23.0 Å². The zero-order chi connectivity index (χ0) is 13.0. The van der Waals surface area contributed by atoms with Gasteiger partial charge in [-0.05, 0) is 24.3 Å². The number of rotatable bonds is 4. The van der Waals surface area contributed by atoms with Crippen LogP contribution >= 0.6 is 28.6 Å². The van der Waals surface area contributed by atoms with Gasteiger partial charge < -0.3 is 5.32 Å². The minimum atomic E-state index is -0.125. The minimum absolute atomic E-state index is 0.125. The van der Waals surface area contributed by atoms with Crippen molar-refractivity contribution < 1.29 is 4.79 Å². The molecular weight excluding hydrogens is 314 g/mol. The third kappa shape index (κ3) is 3.36. The lowest BCUT2D eigenvalue weighted by molar-refractivity contribution is 0.0949. The molecule has 0 radical (unpaired) electrons. The molecule has 2 rings (SSSR count). The first kappa shape index (κ1) is 13.2. The first-order valence-electron chi connectivity index (χ1n) is 5.41. The highest BCUT2D eigenvalue weighted by Gasteiger charge is 2.08. The van der Waals surface area contributed by atoms with Crippen LogP contribution in [-0.2, 0) is 6.54 Å². The SMILES string of the molecule is O=C(NCCn1cccn1)c1ccc(Br)cc1S. The fraction of sp³-hybridized carbons (Fsp3) is 0.167. The molecule has 0 saturated carbocycles. The molecule has 0 aliphatic heterocycles. The highest BCUT2D eigenvalue weighted by atomic mass is 79.9. The Balaban J connectivity index is 1.91. The maximum atomic E-state index is 11.9. The van der Waals surface area contributed by atoms with E-state index in [0.29, 0.717) is 23.5 Å². The maximum absolute atomic E-state index is 11.9. The number of nitrogens with one attached hydrogen (secondary N) is 1. The van der Waals surface area contributed by atoms with Crippen LogP contribution in [0.4, 0.5) is 0 Å². The van der Waals surface area contributed by atoms with Crippen LogP contribution in [0.1, 0.15) is 10.4 Å². The van der Waals surface area contributed by atoms with Gasteiger partial charge in [-0.25, -0.2) is 0 Å². The van der Waals surface area contributed by atoms with Crippen molar-refractivity contribution in [3.05, 3.63) is 46.7 Å². The third-order valence-electron chi connectivity index (χ3n) is 2.39. The molecule has 0 fully saturated rings. The summed E-state index contributed by atoms with van der Waals surface area (Å²) in [7, 11) is 0. The van der Waals surface area contributed by atoms with Crippen LogP contribution in [-0.4, -0.2) is 22.2 Å². The Morgan fingerprint density at radius 3 is 3.00 bits per heavy atom. The summed E-state index contributed by atoms with van der Waals surface area (Å²) < 4.78 is 2.67. The van der Waals surface area contributed by atoms with E-state index in [1.807, 2.05) is 18.3 Å². The summed E-state index contributed by atoms with van der Waals surface area (Å²) in [5.41, 5.74) is 0.571. The Kier molecular flexibility index (Phi) is 4.43. The molecule has 2 aromatic rings. The summed E-state index contributed by atoms with van der Waals surface area (Å²) in [4.78, 5) is 12.6. The molecule has 0 aliphatic rings. The van der Waals surface area contributed by atoms with Crippen LogP contribution in [0.25, 0.3) is 0 Å². The second-order valence-corrected chi connectivity index (χ2v) is 5.08.